The predicted octanol–water partition coefficient (Wildman–Crippen LogP) is 3.72. The van der Waals surface area contributed by atoms with Gasteiger partial charge >= 0.3 is 0 Å². The molecule has 2 aromatic heterocycles. The number of hydrogen-bond donors (Lipinski definition) is 3. The van der Waals surface area contributed by atoms with Crippen LogP contribution in [0.1, 0.15) is 23.0 Å². The number of nitrogens with zero attached hydrogens (tertiary/aromatic N) is 3. The standard InChI is InChI=1S/C20H20N6O2S/c1-2-28-16-8-7-13-5-3-4-6-15(13)17(16)18(27)24-20-26-25-19(29-20)22-10-9-14-11-21-12-23-14/h3-8,11-12H,2,9-10H2,1H3,(H,21,23)(H,22,25)(H,24,26,27). The van der Waals surface area contributed by atoms with Crippen LogP contribution in [-0.2, 0) is 6.42 Å². The topological polar surface area (TPSA) is 105 Å². The van der Waals surface area contributed by atoms with Gasteiger partial charge in [0.1, 0.15) is 5.75 Å². The van der Waals surface area contributed by atoms with Crippen molar-refractivity contribution >= 4 is 38.3 Å². The summed E-state index contributed by atoms with van der Waals surface area (Å²) < 4.78 is 5.68. The lowest BCUT2D eigenvalue weighted by molar-refractivity contribution is 0.102. The normalized spacial score (nSPS) is 10.8. The highest BCUT2D eigenvalue weighted by Crippen LogP contribution is 2.30. The molecule has 3 N–H and O–H groups in total. The van der Waals surface area contributed by atoms with Gasteiger partial charge < -0.3 is 15.0 Å². The largest absolute Gasteiger partial charge is 0.493 e. The molecule has 148 valence electrons. The fraction of sp³-hybridized carbons (Fsp3) is 0.200. The molecule has 0 spiro atoms. The Kier molecular flexibility index (Phi) is 5.66. The number of amides is 1. The number of nitrogens with one attached hydrogen (secondary N) is 3. The molecule has 0 aliphatic rings. The van der Waals surface area contributed by atoms with Crippen LogP contribution in [0, 0.1) is 0 Å². The van der Waals surface area contributed by atoms with Gasteiger partial charge in [0.25, 0.3) is 5.91 Å². The Hall–Kier alpha value is -3.46. The highest BCUT2D eigenvalue weighted by molar-refractivity contribution is 7.19. The highest BCUT2D eigenvalue weighted by Gasteiger charge is 2.18. The minimum Gasteiger partial charge on any atom is -0.493 e. The molecular formula is C20H20N6O2S. The molecule has 0 saturated heterocycles. The Morgan fingerprint density at radius 1 is 1.17 bits per heavy atom. The Morgan fingerprint density at radius 2 is 2.03 bits per heavy atom. The lowest BCUT2D eigenvalue weighted by Crippen LogP contribution is -2.14. The first kappa shape index (κ1) is 18.9. The fourth-order valence-corrected chi connectivity index (χ4v) is 3.66. The van der Waals surface area contributed by atoms with Gasteiger partial charge in [-0.05, 0) is 23.8 Å². The molecule has 0 radical (unpaired) electrons. The molecule has 2 heterocycles. The summed E-state index contributed by atoms with van der Waals surface area (Å²) >= 11 is 1.29. The minimum absolute atomic E-state index is 0.273. The average molecular weight is 408 g/mol. The molecule has 29 heavy (non-hydrogen) atoms. The summed E-state index contributed by atoms with van der Waals surface area (Å²) in [5, 5.41) is 17.1. The van der Waals surface area contributed by atoms with E-state index in [2.05, 4.69) is 30.8 Å². The van der Waals surface area contributed by atoms with Gasteiger partial charge in [-0.15, -0.1) is 10.2 Å². The zero-order chi connectivity index (χ0) is 20.1. The number of H-pyrrole nitrogens is 1. The Morgan fingerprint density at radius 3 is 2.86 bits per heavy atom. The lowest BCUT2D eigenvalue weighted by Gasteiger charge is -2.12. The number of fused-ring (bicyclic) bond motifs is 1. The van der Waals surface area contributed by atoms with E-state index < -0.39 is 0 Å². The molecule has 0 aliphatic heterocycles. The maximum absolute atomic E-state index is 13.0. The molecule has 0 aliphatic carbocycles. The molecule has 4 rings (SSSR count). The van der Waals surface area contributed by atoms with Crippen molar-refractivity contribution in [1.29, 1.82) is 0 Å². The number of rotatable bonds is 8. The van der Waals surface area contributed by atoms with Crippen LogP contribution in [0.4, 0.5) is 10.3 Å². The van der Waals surface area contributed by atoms with E-state index in [4.69, 9.17) is 4.74 Å². The fourth-order valence-electron chi connectivity index (χ4n) is 2.99. The SMILES string of the molecule is CCOc1ccc2ccccc2c1C(=O)Nc1nnc(NCCc2cnc[nH]2)s1. The van der Waals surface area contributed by atoms with E-state index >= 15 is 0 Å². The molecule has 4 aromatic rings. The molecule has 0 fully saturated rings. The van der Waals surface area contributed by atoms with E-state index in [0.717, 1.165) is 22.9 Å². The number of aromatic nitrogens is 4. The van der Waals surface area contributed by atoms with E-state index in [1.54, 1.807) is 12.5 Å². The molecule has 8 nitrogen and oxygen atoms in total. The van der Waals surface area contributed by atoms with Crippen molar-refractivity contribution in [1.82, 2.24) is 20.2 Å². The van der Waals surface area contributed by atoms with Crippen molar-refractivity contribution in [3.8, 4) is 5.75 Å². The van der Waals surface area contributed by atoms with Crippen molar-refractivity contribution < 1.29 is 9.53 Å². The van der Waals surface area contributed by atoms with E-state index in [1.165, 1.54) is 11.3 Å². The smallest absolute Gasteiger partial charge is 0.261 e. The molecule has 9 heteroatoms. The van der Waals surface area contributed by atoms with Crippen molar-refractivity contribution in [2.75, 3.05) is 23.8 Å². The molecule has 0 atom stereocenters. The summed E-state index contributed by atoms with van der Waals surface area (Å²) in [7, 11) is 0. The van der Waals surface area contributed by atoms with Crippen molar-refractivity contribution in [3.05, 3.63) is 60.2 Å². The molecule has 1 amide bonds. The van der Waals surface area contributed by atoms with Crippen molar-refractivity contribution in [2.24, 2.45) is 0 Å². The van der Waals surface area contributed by atoms with Crippen molar-refractivity contribution in [3.63, 3.8) is 0 Å². The number of benzene rings is 2. The van der Waals surface area contributed by atoms with Gasteiger partial charge in [-0.25, -0.2) is 4.98 Å². The van der Waals surface area contributed by atoms with Gasteiger partial charge in [0.15, 0.2) is 0 Å². The Bertz CT molecular complexity index is 1110. The third kappa shape index (κ3) is 4.35. The number of carbonyl (C=O) groups excluding carboxylic acids is 1. The maximum Gasteiger partial charge on any atom is 0.261 e. The highest BCUT2D eigenvalue weighted by atomic mass is 32.1. The van der Waals surface area contributed by atoms with Crippen LogP contribution in [0.5, 0.6) is 5.75 Å². The van der Waals surface area contributed by atoms with Gasteiger partial charge in [0, 0.05) is 24.9 Å². The number of hydrogen-bond acceptors (Lipinski definition) is 7. The summed E-state index contributed by atoms with van der Waals surface area (Å²) in [4.78, 5) is 20.1. The monoisotopic (exact) mass is 408 g/mol. The maximum atomic E-state index is 13.0. The quantitative estimate of drug-likeness (QED) is 0.410. The van der Waals surface area contributed by atoms with E-state index in [9.17, 15) is 4.79 Å². The van der Waals surface area contributed by atoms with E-state index in [-0.39, 0.29) is 5.91 Å². The predicted molar refractivity (Wildman–Crippen MR) is 114 cm³/mol. The second-order valence-corrected chi connectivity index (χ2v) is 7.19. The first-order valence-corrected chi connectivity index (χ1v) is 10.1. The van der Waals surface area contributed by atoms with Crippen LogP contribution < -0.4 is 15.4 Å². The van der Waals surface area contributed by atoms with Gasteiger partial charge in [0.2, 0.25) is 10.3 Å². The number of aromatic amines is 1. The van der Waals surface area contributed by atoms with Gasteiger partial charge in [-0.1, -0.05) is 41.7 Å². The second-order valence-electron chi connectivity index (χ2n) is 6.21. The molecule has 2 aromatic carbocycles. The van der Waals surface area contributed by atoms with Crippen LogP contribution in [0.2, 0.25) is 0 Å². The number of carbonyl (C=O) groups is 1. The third-order valence-electron chi connectivity index (χ3n) is 4.29. The lowest BCUT2D eigenvalue weighted by atomic mass is 10.0. The van der Waals surface area contributed by atoms with Crippen LogP contribution in [0.25, 0.3) is 10.8 Å². The molecule has 0 saturated carbocycles. The minimum atomic E-state index is -0.273. The third-order valence-corrected chi connectivity index (χ3v) is 5.08. The van der Waals surface area contributed by atoms with E-state index in [1.807, 2.05) is 43.3 Å². The molecule has 0 unspecified atom stereocenters. The molecular weight excluding hydrogens is 388 g/mol. The first-order chi connectivity index (χ1) is 14.2. The van der Waals surface area contributed by atoms with Crippen LogP contribution in [0.15, 0.2) is 48.9 Å². The zero-order valence-electron chi connectivity index (χ0n) is 15.8. The zero-order valence-corrected chi connectivity index (χ0v) is 16.6. The van der Waals surface area contributed by atoms with Crippen LogP contribution >= 0.6 is 11.3 Å². The number of imidazole rings is 1. The summed E-state index contributed by atoms with van der Waals surface area (Å²) in [6.45, 7) is 3.05. The van der Waals surface area contributed by atoms with Crippen LogP contribution in [-0.4, -0.2) is 39.2 Å². The number of ether oxygens (including phenoxy) is 1. The summed E-state index contributed by atoms with van der Waals surface area (Å²) in [6.07, 6.45) is 4.22. The second kappa shape index (κ2) is 8.70. The summed E-state index contributed by atoms with van der Waals surface area (Å²) in [5.74, 6) is 0.275. The van der Waals surface area contributed by atoms with Gasteiger partial charge in [0.05, 0.1) is 18.5 Å². The summed E-state index contributed by atoms with van der Waals surface area (Å²) in [6, 6.07) is 11.5. The van der Waals surface area contributed by atoms with Crippen LogP contribution in [0.3, 0.4) is 0 Å². The van der Waals surface area contributed by atoms with Gasteiger partial charge in [-0.3, -0.25) is 10.1 Å². The van der Waals surface area contributed by atoms with E-state index in [0.29, 0.717) is 34.7 Å². The Balaban J connectivity index is 1.48. The van der Waals surface area contributed by atoms with Gasteiger partial charge in [-0.2, -0.15) is 0 Å². The average Bonchev–Trinajstić information content (AvgIpc) is 3.40. The number of anilines is 2. The molecule has 0 bridgehead atoms. The summed E-state index contributed by atoms with van der Waals surface area (Å²) in [5.41, 5.74) is 1.53. The Labute approximate surface area is 171 Å². The first-order valence-electron chi connectivity index (χ1n) is 9.25. The van der Waals surface area contributed by atoms with Crippen molar-refractivity contribution in [2.45, 2.75) is 13.3 Å².